The van der Waals surface area contributed by atoms with Gasteiger partial charge in [0.15, 0.2) is 11.5 Å². The van der Waals surface area contributed by atoms with Gasteiger partial charge in [-0.1, -0.05) is 58.3 Å². The Bertz CT molecular complexity index is 1070. The summed E-state index contributed by atoms with van der Waals surface area (Å²) in [5.41, 5.74) is 0.825. The van der Waals surface area contributed by atoms with E-state index in [0.717, 1.165) is 76.9 Å². The van der Waals surface area contributed by atoms with Gasteiger partial charge in [-0.25, -0.2) is 0 Å². The minimum absolute atomic E-state index is 0.0145. The molecule has 0 aliphatic heterocycles. The van der Waals surface area contributed by atoms with Gasteiger partial charge < -0.3 is 29.9 Å². The lowest BCUT2D eigenvalue weighted by atomic mass is 9.86. The van der Waals surface area contributed by atoms with Crippen LogP contribution in [0.4, 0.5) is 0 Å². The third-order valence-corrected chi connectivity index (χ3v) is 9.01. The molecule has 9 nitrogen and oxygen atoms in total. The van der Waals surface area contributed by atoms with Crippen molar-refractivity contribution < 1.29 is 34.1 Å². The van der Waals surface area contributed by atoms with Crippen molar-refractivity contribution in [2.45, 2.75) is 115 Å². The number of aliphatic hydroxyl groups is 2. The molecule has 2 aliphatic carbocycles. The zero-order chi connectivity index (χ0) is 30.5. The maximum absolute atomic E-state index is 13.9. The van der Waals surface area contributed by atoms with Crippen LogP contribution >= 0.6 is 22.6 Å². The van der Waals surface area contributed by atoms with Gasteiger partial charge >= 0.3 is 0 Å². The van der Waals surface area contributed by atoms with Crippen LogP contribution in [0, 0.1) is 3.57 Å². The average molecular weight is 699 g/mol. The Labute approximate surface area is 263 Å². The van der Waals surface area contributed by atoms with Gasteiger partial charge in [0, 0.05) is 36.6 Å². The molecule has 0 spiro atoms. The summed E-state index contributed by atoms with van der Waals surface area (Å²) in [4.78, 5) is 40.4. The maximum Gasteiger partial charge on any atom is 0.247 e. The Kier molecular flexibility index (Phi) is 14.6. The highest BCUT2D eigenvalue weighted by molar-refractivity contribution is 14.1. The second-order valence-electron chi connectivity index (χ2n) is 11.3. The first kappa shape index (κ1) is 34.3. The van der Waals surface area contributed by atoms with Crippen LogP contribution in [0.2, 0.25) is 0 Å². The van der Waals surface area contributed by atoms with Gasteiger partial charge in [-0.05, 0) is 60.1 Å². The zero-order valence-corrected chi connectivity index (χ0v) is 27.1. The molecule has 1 fully saturated rings. The lowest BCUT2D eigenvalue weighted by Crippen LogP contribution is -2.58. The number of hydrogen-bond donors (Lipinski definition) is 3. The van der Waals surface area contributed by atoms with Gasteiger partial charge in [-0.3, -0.25) is 14.4 Å². The molecule has 1 aromatic rings. The molecule has 2 amide bonds. The minimum atomic E-state index is -1.10. The Hall–Kier alpha value is -2.18. The molecule has 1 aromatic carbocycles. The van der Waals surface area contributed by atoms with Crippen LogP contribution in [0.5, 0.6) is 11.5 Å². The lowest BCUT2D eigenvalue weighted by molar-refractivity contribution is -0.142. The quantitative estimate of drug-likeness (QED) is 0.103. The van der Waals surface area contributed by atoms with E-state index >= 15 is 0 Å². The first-order chi connectivity index (χ1) is 20.3. The van der Waals surface area contributed by atoms with E-state index < -0.39 is 18.2 Å². The number of aliphatic hydroxyl groups excluding tert-OH is 2. The first-order valence-electron chi connectivity index (χ1n) is 15.4. The number of halogens is 1. The van der Waals surface area contributed by atoms with Crippen LogP contribution < -0.4 is 14.8 Å². The molecule has 3 N–H and O–H groups in total. The molecule has 10 heteroatoms. The second kappa shape index (κ2) is 17.8. The van der Waals surface area contributed by atoms with Crippen LogP contribution in [0.25, 0.3) is 0 Å². The number of unbranched alkanes of at least 4 members (excludes halogenated alkanes) is 4. The number of nitrogens with one attached hydrogen (secondary N) is 1. The summed E-state index contributed by atoms with van der Waals surface area (Å²) in [6.07, 6.45) is 12.1. The summed E-state index contributed by atoms with van der Waals surface area (Å²) in [5, 5.41) is 23.9. The monoisotopic (exact) mass is 698 g/mol. The number of amides is 2. The molecule has 234 valence electrons. The Morgan fingerprint density at radius 2 is 1.83 bits per heavy atom. The molecule has 0 bridgehead atoms. The second-order valence-corrected chi connectivity index (χ2v) is 12.4. The number of benzene rings is 1. The number of rotatable bonds is 15. The summed E-state index contributed by atoms with van der Waals surface area (Å²) in [5.74, 6) is 0.339. The minimum Gasteiger partial charge on any atom is -0.493 e. The van der Waals surface area contributed by atoms with Gasteiger partial charge in [0.2, 0.25) is 11.8 Å². The third kappa shape index (κ3) is 9.41. The molecule has 2 aliphatic rings. The van der Waals surface area contributed by atoms with Crippen LogP contribution in [0.3, 0.4) is 0 Å². The maximum atomic E-state index is 13.9. The van der Waals surface area contributed by atoms with E-state index in [1.54, 1.807) is 18.2 Å². The van der Waals surface area contributed by atoms with E-state index in [1.165, 1.54) is 7.11 Å². The average Bonchev–Trinajstić information content (AvgIpc) is 3.27. The van der Waals surface area contributed by atoms with Crippen molar-refractivity contribution in [2.75, 3.05) is 20.3 Å². The van der Waals surface area contributed by atoms with E-state index in [-0.39, 0.29) is 37.4 Å². The van der Waals surface area contributed by atoms with Crippen LogP contribution in [0.1, 0.15) is 101 Å². The van der Waals surface area contributed by atoms with Crippen molar-refractivity contribution in [3.8, 4) is 11.5 Å². The normalized spacial score (nSPS) is 21.2. The number of nitrogens with zero attached hydrogens (tertiary/aromatic N) is 1. The number of methoxy groups -OCH3 is 1. The number of hydrogen-bond acceptors (Lipinski definition) is 7. The SMILES string of the molecule is CCCCCCCC(=O)N(C1CCCCCC1)C1CC(C(=O)NCCO)=CC(Oc2c(I)cc(C=O)cc2OC)C1O. The standard InChI is InChI=1S/C32H47IN2O7/c1-3-4-5-6-11-14-29(38)35(24-12-9-7-8-10-13-24)26-19-23(32(40)34-15-16-36)20-27(30(26)39)42-31-25(33)17-22(21-37)18-28(31)41-2/h17-18,20-21,24,26-27,30,36,39H,3-16,19H2,1-2H3,(H,34,40). The topological polar surface area (TPSA) is 125 Å². The van der Waals surface area contributed by atoms with Crippen molar-refractivity contribution >= 4 is 40.7 Å². The molecular formula is C32H47IN2O7. The highest BCUT2D eigenvalue weighted by Crippen LogP contribution is 2.38. The number of carbonyl (C=O) groups excluding carboxylic acids is 3. The van der Waals surface area contributed by atoms with Gasteiger partial charge in [-0.15, -0.1) is 0 Å². The Morgan fingerprint density at radius 1 is 1.12 bits per heavy atom. The smallest absolute Gasteiger partial charge is 0.247 e. The highest BCUT2D eigenvalue weighted by Gasteiger charge is 2.43. The predicted molar refractivity (Wildman–Crippen MR) is 170 cm³/mol. The fraction of sp³-hybridized carbons (Fsp3) is 0.656. The summed E-state index contributed by atoms with van der Waals surface area (Å²) in [6, 6.07) is 2.56. The van der Waals surface area contributed by atoms with Gasteiger partial charge in [0.1, 0.15) is 18.5 Å². The molecule has 0 saturated heterocycles. The van der Waals surface area contributed by atoms with Crippen molar-refractivity contribution in [1.82, 2.24) is 10.2 Å². The van der Waals surface area contributed by atoms with E-state index in [4.69, 9.17) is 9.47 Å². The largest absolute Gasteiger partial charge is 0.493 e. The zero-order valence-electron chi connectivity index (χ0n) is 25.0. The lowest BCUT2D eigenvalue weighted by Gasteiger charge is -2.44. The summed E-state index contributed by atoms with van der Waals surface area (Å²) < 4.78 is 12.5. The fourth-order valence-corrected chi connectivity index (χ4v) is 6.76. The number of ether oxygens (including phenoxy) is 2. The Balaban J connectivity index is 1.98. The molecule has 3 atom stereocenters. The summed E-state index contributed by atoms with van der Waals surface area (Å²) >= 11 is 2.05. The van der Waals surface area contributed by atoms with E-state index in [2.05, 4.69) is 34.8 Å². The molecule has 0 heterocycles. The summed E-state index contributed by atoms with van der Waals surface area (Å²) in [6.45, 7) is 2.06. The molecule has 1 saturated carbocycles. The molecular weight excluding hydrogens is 651 g/mol. The Morgan fingerprint density at radius 3 is 2.48 bits per heavy atom. The third-order valence-electron chi connectivity index (χ3n) is 8.21. The number of aldehydes is 1. The van der Waals surface area contributed by atoms with Crippen molar-refractivity contribution in [1.29, 1.82) is 0 Å². The van der Waals surface area contributed by atoms with Gasteiger partial charge in [0.05, 0.1) is 23.3 Å². The highest BCUT2D eigenvalue weighted by atomic mass is 127. The molecule has 0 aromatic heterocycles. The van der Waals surface area contributed by atoms with E-state index in [0.29, 0.717) is 32.6 Å². The van der Waals surface area contributed by atoms with E-state index in [9.17, 15) is 24.6 Å². The number of carbonyl (C=O) groups is 3. The van der Waals surface area contributed by atoms with Crippen molar-refractivity contribution in [2.24, 2.45) is 0 Å². The van der Waals surface area contributed by atoms with Crippen LogP contribution in [0.15, 0.2) is 23.8 Å². The van der Waals surface area contributed by atoms with Crippen LogP contribution in [-0.4, -0.2) is 77.8 Å². The van der Waals surface area contributed by atoms with Crippen molar-refractivity contribution in [3.63, 3.8) is 0 Å². The van der Waals surface area contributed by atoms with Crippen LogP contribution in [-0.2, 0) is 9.59 Å². The first-order valence-corrected chi connectivity index (χ1v) is 16.5. The van der Waals surface area contributed by atoms with Gasteiger partial charge in [0.25, 0.3) is 0 Å². The molecule has 42 heavy (non-hydrogen) atoms. The van der Waals surface area contributed by atoms with Gasteiger partial charge in [-0.2, -0.15) is 0 Å². The summed E-state index contributed by atoms with van der Waals surface area (Å²) in [7, 11) is 1.48. The molecule has 3 unspecified atom stereocenters. The van der Waals surface area contributed by atoms with Crippen molar-refractivity contribution in [3.05, 3.63) is 32.9 Å². The van der Waals surface area contributed by atoms with E-state index in [1.807, 2.05) is 4.90 Å². The molecule has 0 radical (unpaired) electrons. The fourth-order valence-electron chi connectivity index (χ4n) is 6.01. The predicted octanol–water partition coefficient (Wildman–Crippen LogP) is 4.94. The molecule has 3 rings (SSSR count).